The van der Waals surface area contributed by atoms with Crippen molar-refractivity contribution in [2.24, 2.45) is 0 Å². The topological polar surface area (TPSA) is 89.8 Å². The molecule has 0 aromatic heterocycles. The first-order valence-corrected chi connectivity index (χ1v) is 27.4. The van der Waals surface area contributed by atoms with E-state index in [4.69, 9.17) is 0 Å². The lowest BCUT2D eigenvalue weighted by molar-refractivity contribution is -0.124. The van der Waals surface area contributed by atoms with Gasteiger partial charge in [0.15, 0.2) is 0 Å². The van der Waals surface area contributed by atoms with E-state index >= 15 is 0 Å². The average Bonchev–Trinajstić information content (AvgIpc) is 3.27. The molecule has 0 aliphatic heterocycles. The van der Waals surface area contributed by atoms with Crippen molar-refractivity contribution in [2.75, 3.05) is 6.61 Å². The third-order valence-electron chi connectivity index (χ3n) is 12.6. The van der Waals surface area contributed by atoms with E-state index in [1.165, 1.54) is 218 Å². The summed E-state index contributed by atoms with van der Waals surface area (Å²) in [5, 5.41) is 33.3. The zero-order valence-corrected chi connectivity index (χ0v) is 41.5. The Balaban J connectivity index is 3.56. The normalized spacial score (nSPS) is 13.7. The van der Waals surface area contributed by atoms with Crippen LogP contribution in [0.5, 0.6) is 0 Å². The third kappa shape index (κ3) is 47.8. The van der Waals surface area contributed by atoms with Gasteiger partial charge < -0.3 is 20.6 Å². The van der Waals surface area contributed by atoms with Crippen molar-refractivity contribution >= 4 is 5.91 Å². The van der Waals surface area contributed by atoms with Crippen LogP contribution in [-0.4, -0.2) is 46.1 Å². The molecule has 0 saturated carbocycles. The largest absolute Gasteiger partial charge is 0.394 e. The molecule has 0 bridgehead atoms. The predicted octanol–water partition coefficient (Wildman–Crippen LogP) is 16.8. The molecular formula is C57H107NO4. The van der Waals surface area contributed by atoms with Gasteiger partial charge in [-0.25, -0.2) is 0 Å². The zero-order chi connectivity index (χ0) is 45.1. The summed E-state index contributed by atoms with van der Waals surface area (Å²) in [4.78, 5) is 12.5. The van der Waals surface area contributed by atoms with E-state index in [1.54, 1.807) is 6.08 Å². The maximum atomic E-state index is 12.5. The second kappa shape index (κ2) is 51.9. The monoisotopic (exact) mass is 870 g/mol. The molecule has 0 fully saturated rings. The highest BCUT2D eigenvalue weighted by molar-refractivity contribution is 5.76. The van der Waals surface area contributed by atoms with E-state index in [2.05, 4.69) is 55.6 Å². The second-order valence-electron chi connectivity index (χ2n) is 18.8. The SMILES string of the molecule is CCCCCCCC/C=C/CC/C=C/CC/C=C/C(O)C(CO)NC(=O)CC(O)CCCCCCCCCCCCCCCCC/C=C\CCCCCCCCCCCCCC. The fourth-order valence-electron chi connectivity index (χ4n) is 8.37. The Hall–Kier alpha value is -1.69. The molecule has 62 heavy (non-hydrogen) atoms. The van der Waals surface area contributed by atoms with Crippen LogP contribution in [0.3, 0.4) is 0 Å². The number of rotatable bonds is 50. The number of hydrogen-bond donors (Lipinski definition) is 4. The van der Waals surface area contributed by atoms with Crippen LogP contribution in [0.1, 0.15) is 284 Å². The fraction of sp³-hybridized carbons (Fsp3) is 0.842. The highest BCUT2D eigenvalue weighted by Crippen LogP contribution is 2.16. The summed E-state index contributed by atoms with van der Waals surface area (Å²) in [6, 6.07) is -0.768. The minimum Gasteiger partial charge on any atom is -0.394 e. The van der Waals surface area contributed by atoms with E-state index < -0.39 is 18.2 Å². The summed E-state index contributed by atoms with van der Waals surface area (Å²) in [6.07, 6.45) is 68.7. The minimum atomic E-state index is -0.960. The third-order valence-corrected chi connectivity index (χ3v) is 12.6. The molecule has 0 rings (SSSR count). The maximum absolute atomic E-state index is 12.5. The highest BCUT2D eigenvalue weighted by atomic mass is 16.3. The fourth-order valence-corrected chi connectivity index (χ4v) is 8.37. The molecule has 4 N–H and O–H groups in total. The molecule has 0 aromatic carbocycles. The Morgan fingerprint density at radius 2 is 0.694 bits per heavy atom. The molecule has 3 atom stereocenters. The lowest BCUT2D eigenvalue weighted by Crippen LogP contribution is -2.45. The van der Waals surface area contributed by atoms with Gasteiger partial charge in [0.25, 0.3) is 0 Å². The van der Waals surface area contributed by atoms with Crippen LogP contribution in [0.15, 0.2) is 48.6 Å². The van der Waals surface area contributed by atoms with Gasteiger partial charge in [-0.2, -0.15) is 0 Å². The van der Waals surface area contributed by atoms with E-state index in [-0.39, 0.29) is 18.9 Å². The van der Waals surface area contributed by atoms with Crippen LogP contribution in [0, 0.1) is 0 Å². The highest BCUT2D eigenvalue weighted by Gasteiger charge is 2.20. The summed E-state index contributed by atoms with van der Waals surface area (Å²) in [5.41, 5.74) is 0. The summed E-state index contributed by atoms with van der Waals surface area (Å²) in [5.74, 6) is -0.327. The molecular weight excluding hydrogens is 763 g/mol. The Kier molecular flexibility index (Phi) is 50.5. The number of nitrogens with one attached hydrogen (secondary N) is 1. The first kappa shape index (κ1) is 60.3. The van der Waals surface area contributed by atoms with Crippen LogP contribution in [0.25, 0.3) is 0 Å². The van der Waals surface area contributed by atoms with E-state index in [1.807, 2.05) is 6.08 Å². The van der Waals surface area contributed by atoms with Crippen molar-refractivity contribution in [1.29, 1.82) is 0 Å². The molecule has 5 nitrogen and oxygen atoms in total. The minimum absolute atomic E-state index is 0.00313. The van der Waals surface area contributed by atoms with Crippen LogP contribution in [0.2, 0.25) is 0 Å². The number of amides is 1. The van der Waals surface area contributed by atoms with Crippen molar-refractivity contribution < 1.29 is 20.1 Å². The smallest absolute Gasteiger partial charge is 0.222 e. The van der Waals surface area contributed by atoms with E-state index in [9.17, 15) is 20.1 Å². The quantitative estimate of drug-likeness (QED) is 0.0362. The Bertz CT molecular complexity index is 1000. The number of carbonyl (C=O) groups is 1. The van der Waals surface area contributed by atoms with Crippen LogP contribution < -0.4 is 5.32 Å². The molecule has 5 heteroatoms. The number of aliphatic hydroxyl groups is 3. The summed E-state index contributed by atoms with van der Waals surface area (Å²) in [7, 11) is 0. The summed E-state index contributed by atoms with van der Waals surface area (Å²) in [6.45, 7) is 4.20. The molecule has 3 unspecified atom stereocenters. The Morgan fingerprint density at radius 3 is 1.03 bits per heavy atom. The molecule has 0 radical (unpaired) electrons. The van der Waals surface area contributed by atoms with Crippen LogP contribution in [0.4, 0.5) is 0 Å². The van der Waals surface area contributed by atoms with Crippen LogP contribution in [-0.2, 0) is 4.79 Å². The van der Waals surface area contributed by atoms with Gasteiger partial charge in [0.2, 0.25) is 5.91 Å². The molecule has 0 spiro atoms. The molecule has 0 saturated heterocycles. The van der Waals surface area contributed by atoms with Crippen LogP contribution >= 0.6 is 0 Å². The summed E-state index contributed by atoms with van der Waals surface area (Å²) >= 11 is 0. The van der Waals surface area contributed by atoms with Crippen molar-refractivity contribution in [3.8, 4) is 0 Å². The Morgan fingerprint density at radius 1 is 0.403 bits per heavy atom. The van der Waals surface area contributed by atoms with Crippen molar-refractivity contribution in [3.05, 3.63) is 48.6 Å². The molecule has 0 aliphatic rings. The number of hydrogen-bond acceptors (Lipinski definition) is 4. The lowest BCUT2D eigenvalue weighted by Gasteiger charge is -2.21. The van der Waals surface area contributed by atoms with Gasteiger partial charge >= 0.3 is 0 Å². The average molecular weight is 870 g/mol. The lowest BCUT2D eigenvalue weighted by atomic mass is 10.0. The number of aliphatic hydroxyl groups excluding tert-OH is 3. The summed E-state index contributed by atoms with van der Waals surface area (Å²) < 4.78 is 0. The van der Waals surface area contributed by atoms with Gasteiger partial charge in [-0.1, -0.05) is 255 Å². The Labute approximate surface area is 387 Å². The molecule has 0 heterocycles. The molecule has 364 valence electrons. The van der Waals surface area contributed by atoms with E-state index in [0.717, 1.165) is 38.5 Å². The van der Waals surface area contributed by atoms with Crippen molar-refractivity contribution in [3.63, 3.8) is 0 Å². The van der Waals surface area contributed by atoms with Gasteiger partial charge in [-0.3, -0.25) is 4.79 Å². The van der Waals surface area contributed by atoms with E-state index in [0.29, 0.717) is 6.42 Å². The first-order chi connectivity index (χ1) is 30.5. The first-order valence-electron chi connectivity index (χ1n) is 27.4. The molecule has 0 aliphatic carbocycles. The van der Waals surface area contributed by atoms with Gasteiger partial charge in [-0.05, 0) is 70.6 Å². The van der Waals surface area contributed by atoms with Crippen molar-refractivity contribution in [1.82, 2.24) is 5.32 Å². The zero-order valence-electron chi connectivity index (χ0n) is 41.5. The predicted molar refractivity (Wildman–Crippen MR) is 273 cm³/mol. The number of unbranched alkanes of at least 4 members (excludes halogenated alkanes) is 35. The van der Waals surface area contributed by atoms with Crippen molar-refractivity contribution in [2.45, 2.75) is 302 Å². The molecule has 0 aromatic rings. The van der Waals surface area contributed by atoms with Gasteiger partial charge in [0.1, 0.15) is 0 Å². The standard InChI is InChI=1S/C57H107NO4/c1-3-5-7-9-11-13-15-17-19-21-22-23-24-25-26-27-28-29-30-31-32-33-34-35-36-38-40-42-44-46-48-50-54(60)52-57(62)58-55(53-59)56(61)51-49-47-45-43-41-39-37-20-18-16-14-12-10-8-6-4-2/h18,20,25-26,41,43,49,51,54-56,59-61H,3-17,19,21-24,27-40,42,44-48,50,52-53H2,1-2H3,(H,58,62)/b20-18+,26-25-,43-41+,51-49+. The number of allylic oxidation sites excluding steroid dienone is 7. The molecule has 1 amide bonds. The van der Waals surface area contributed by atoms with Gasteiger partial charge in [0.05, 0.1) is 31.3 Å². The van der Waals surface area contributed by atoms with Gasteiger partial charge in [-0.15, -0.1) is 0 Å². The second-order valence-corrected chi connectivity index (χ2v) is 18.8. The van der Waals surface area contributed by atoms with Gasteiger partial charge in [0, 0.05) is 0 Å². The maximum Gasteiger partial charge on any atom is 0.222 e. The number of carbonyl (C=O) groups excluding carboxylic acids is 1.